The van der Waals surface area contributed by atoms with E-state index in [9.17, 15) is 5.11 Å². The predicted octanol–water partition coefficient (Wildman–Crippen LogP) is 7.07. The van der Waals surface area contributed by atoms with Gasteiger partial charge in [0.1, 0.15) is 12.2 Å². The molecule has 2 aliphatic carbocycles. The van der Waals surface area contributed by atoms with E-state index >= 15 is 0 Å². The fraction of sp³-hybridized carbons (Fsp3) is 0.769. The molecule has 0 heterocycles. The molecule has 1 aromatic rings. The third kappa shape index (κ3) is 5.41. The maximum Gasteiger partial charge on any atom is 0.200 e. The summed E-state index contributed by atoms with van der Waals surface area (Å²) in [6, 6.07) is 5.74. The number of phenolic OH excluding ortho intramolecular Hbond substituents is 1. The lowest BCUT2D eigenvalue weighted by Gasteiger charge is -2.38. The van der Waals surface area contributed by atoms with Gasteiger partial charge in [0.25, 0.3) is 0 Å². The molecule has 0 bridgehead atoms. The monoisotopic (exact) mass is 402 g/mol. The normalized spacial score (nSPS) is 33.1. The Balaban J connectivity index is 1.76. The number of ether oxygens (including phenoxy) is 2. The van der Waals surface area contributed by atoms with E-state index in [1.165, 1.54) is 25.7 Å². The molecule has 1 aromatic carbocycles. The summed E-state index contributed by atoms with van der Waals surface area (Å²) in [7, 11) is 0. The average Bonchev–Trinajstić information content (AvgIpc) is 2.64. The number of phenols is 1. The Morgan fingerprint density at radius 1 is 0.759 bits per heavy atom. The number of benzene rings is 1. The van der Waals surface area contributed by atoms with E-state index in [1.807, 2.05) is 18.2 Å². The van der Waals surface area contributed by atoms with Gasteiger partial charge in [-0.25, -0.2) is 0 Å². The molecular weight excluding hydrogens is 360 g/mol. The van der Waals surface area contributed by atoms with Crippen LogP contribution >= 0.6 is 0 Å². The van der Waals surface area contributed by atoms with Crippen LogP contribution in [0.4, 0.5) is 0 Å². The Kier molecular flexibility index (Phi) is 7.40. The lowest BCUT2D eigenvalue weighted by atomic mass is 9.75. The molecule has 6 unspecified atom stereocenters. The first kappa shape index (κ1) is 22.3. The maximum absolute atomic E-state index is 11.0. The number of para-hydroxylation sites is 1. The number of rotatable bonds is 6. The number of hydrogen-bond acceptors (Lipinski definition) is 3. The van der Waals surface area contributed by atoms with Gasteiger partial charge in [0, 0.05) is 0 Å². The highest BCUT2D eigenvalue weighted by Crippen LogP contribution is 2.43. The standard InChI is InChI=1S/C26H42O3/c1-16(2)20-12-10-18(5)14-24(20)28-22-8-7-9-23(26(22)27)29-25-15-19(6)11-13-21(25)17(3)4/h7-9,16-21,24-25,27H,10-15H2,1-6H3. The summed E-state index contributed by atoms with van der Waals surface area (Å²) in [5, 5.41) is 11.0. The van der Waals surface area contributed by atoms with Crippen LogP contribution in [0.15, 0.2) is 18.2 Å². The van der Waals surface area contributed by atoms with Crippen LogP contribution in [0.25, 0.3) is 0 Å². The Morgan fingerprint density at radius 3 is 1.55 bits per heavy atom. The van der Waals surface area contributed by atoms with Crippen LogP contribution in [-0.4, -0.2) is 17.3 Å². The minimum atomic E-state index is 0.165. The minimum absolute atomic E-state index is 0.165. The summed E-state index contributed by atoms with van der Waals surface area (Å²) in [6.45, 7) is 13.8. The van der Waals surface area contributed by atoms with Crippen LogP contribution in [0.3, 0.4) is 0 Å². The molecule has 0 saturated heterocycles. The van der Waals surface area contributed by atoms with E-state index in [4.69, 9.17) is 9.47 Å². The molecule has 1 N–H and O–H groups in total. The molecule has 6 atom stereocenters. The fourth-order valence-electron chi connectivity index (χ4n) is 5.52. The zero-order valence-corrected chi connectivity index (χ0v) is 19.4. The molecule has 0 spiro atoms. The second-order valence-electron chi connectivity index (χ2n) is 10.6. The highest BCUT2D eigenvalue weighted by Gasteiger charge is 2.35. The van der Waals surface area contributed by atoms with Crippen molar-refractivity contribution in [1.82, 2.24) is 0 Å². The largest absolute Gasteiger partial charge is 0.502 e. The van der Waals surface area contributed by atoms with E-state index in [2.05, 4.69) is 41.5 Å². The van der Waals surface area contributed by atoms with Gasteiger partial charge in [-0.3, -0.25) is 0 Å². The Morgan fingerprint density at radius 2 is 1.17 bits per heavy atom. The Bertz CT molecular complexity index is 601. The lowest BCUT2D eigenvalue weighted by Crippen LogP contribution is -2.37. The molecular formula is C26H42O3. The average molecular weight is 403 g/mol. The van der Waals surface area contributed by atoms with Crippen LogP contribution in [-0.2, 0) is 0 Å². The van der Waals surface area contributed by atoms with Crippen molar-refractivity contribution in [3.05, 3.63) is 18.2 Å². The SMILES string of the molecule is CC1CCC(C(C)C)C(Oc2cccc(OC3CC(C)CCC3C(C)C)c2O)C1. The molecule has 0 radical (unpaired) electrons. The van der Waals surface area contributed by atoms with Gasteiger partial charge in [-0.15, -0.1) is 0 Å². The van der Waals surface area contributed by atoms with Gasteiger partial charge in [0.2, 0.25) is 5.75 Å². The van der Waals surface area contributed by atoms with Gasteiger partial charge in [-0.1, -0.05) is 60.5 Å². The molecule has 3 rings (SSSR count). The van der Waals surface area contributed by atoms with Crippen LogP contribution in [0.2, 0.25) is 0 Å². The van der Waals surface area contributed by atoms with Crippen LogP contribution < -0.4 is 9.47 Å². The number of hydrogen-bond donors (Lipinski definition) is 1. The van der Waals surface area contributed by atoms with E-state index in [0.29, 0.717) is 47.0 Å². The second-order valence-corrected chi connectivity index (χ2v) is 10.6. The summed E-state index contributed by atoms with van der Waals surface area (Å²) in [6.07, 6.45) is 7.40. The smallest absolute Gasteiger partial charge is 0.200 e. The van der Waals surface area contributed by atoms with Crippen molar-refractivity contribution in [1.29, 1.82) is 0 Å². The predicted molar refractivity (Wildman–Crippen MR) is 120 cm³/mol. The van der Waals surface area contributed by atoms with Gasteiger partial charge in [-0.2, -0.15) is 0 Å². The molecule has 2 fully saturated rings. The fourth-order valence-corrected chi connectivity index (χ4v) is 5.52. The molecule has 164 valence electrons. The Labute approximate surface area is 178 Å². The summed E-state index contributed by atoms with van der Waals surface area (Å²) >= 11 is 0. The first-order chi connectivity index (χ1) is 13.8. The van der Waals surface area contributed by atoms with Crippen LogP contribution in [0, 0.1) is 35.5 Å². The first-order valence-corrected chi connectivity index (χ1v) is 11.9. The molecule has 3 heteroatoms. The quantitative estimate of drug-likeness (QED) is 0.553. The van der Waals surface area contributed by atoms with E-state index < -0.39 is 0 Å². The molecule has 0 aliphatic heterocycles. The van der Waals surface area contributed by atoms with Gasteiger partial charge >= 0.3 is 0 Å². The van der Waals surface area contributed by atoms with Crippen molar-refractivity contribution in [2.45, 2.75) is 92.3 Å². The van der Waals surface area contributed by atoms with E-state index in [-0.39, 0.29) is 18.0 Å². The van der Waals surface area contributed by atoms with Crippen molar-refractivity contribution in [3.63, 3.8) is 0 Å². The molecule has 3 nitrogen and oxygen atoms in total. The van der Waals surface area contributed by atoms with Crippen molar-refractivity contribution in [2.24, 2.45) is 35.5 Å². The highest BCUT2D eigenvalue weighted by molar-refractivity contribution is 5.50. The van der Waals surface area contributed by atoms with Crippen molar-refractivity contribution < 1.29 is 14.6 Å². The Hall–Kier alpha value is -1.38. The third-order valence-electron chi connectivity index (χ3n) is 7.44. The molecule has 0 amide bonds. The number of aromatic hydroxyl groups is 1. The van der Waals surface area contributed by atoms with Gasteiger partial charge in [-0.05, 0) is 73.3 Å². The first-order valence-electron chi connectivity index (χ1n) is 11.9. The highest BCUT2D eigenvalue weighted by atomic mass is 16.5. The maximum atomic E-state index is 11.0. The molecule has 2 aliphatic rings. The third-order valence-corrected chi connectivity index (χ3v) is 7.44. The molecule has 0 aromatic heterocycles. The zero-order chi connectivity index (χ0) is 21.1. The van der Waals surface area contributed by atoms with E-state index in [1.54, 1.807) is 0 Å². The zero-order valence-electron chi connectivity index (χ0n) is 19.4. The molecule has 2 saturated carbocycles. The van der Waals surface area contributed by atoms with Crippen molar-refractivity contribution in [3.8, 4) is 17.2 Å². The summed E-state index contributed by atoms with van der Waals surface area (Å²) in [4.78, 5) is 0. The summed E-state index contributed by atoms with van der Waals surface area (Å²) in [5.74, 6) is 4.94. The van der Waals surface area contributed by atoms with Gasteiger partial charge < -0.3 is 14.6 Å². The summed E-state index contributed by atoms with van der Waals surface area (Å²) < 4.78 is 12.9. The van der Waals surface area contributed by atoms with Crippen molar-refractivity contribution in [2.75, 3.05) is 0 Å². The van der Waals surface area contributed by atoms with Gasteiger partial charge in [0.05, 0.1) is 0 Å². The van der Waals surface area contributed by atoms with Crippen LogP contribution in [0.1, 0.15) is 80.1 Å². The molecule has 29 heavy (non-hydrogen) atoms. The topological polar surface area (TPSA) is 38.7 Å². The van der Waals surface area contributed by atoms with Crippen LogP contribution in [0.5, 0.6) is 17.2 Å². The summed E-state index contributed by atoms with van der Waals surface area (Å²) in [5.41, 5.74) is 0. The van der Waals surface area contributed by atoms with Gasteiger partial charge in [0.15, 0.2) is 11.5 Å². The van der Waals surface area contributed by atoms with Crippen molar-refractivity contribution >= 4 is 0 Å². The lowest BCUT2D eigenvalue weighted by molar-refractivity contribution is 0.0370. The second kappa shape index (κ2) is 9.62. The minimum Gasteiger partial charge on any atom is -0.502 e. The van der Waals surface area contributed by atoms with E-state index in [0.717, 1.165) is 12.8 Å².